The minimum Gasteiger partial charge on any atom is -0.496 e. The number of ether oxygens (including phenoxy) is 1. The van der Waals surface area contributed by atoms with E-state index in [2.05, 4.69) is 0 Å². The highest BCUT2D eigenvalue weighted by Gasteiger charge is 2.13. The van der Waals surface area contributed by atoms with Gasteiger partial charge in [0.25, 0.3) is 0 Å². The third-order valence-corrected chi connectivity index (χ3v) is 2.74. The number of benzene rings is 1. The highest BCUT2D eigenvalue weighted by molar-refractivity contribution is 6.30. The van der Waals surface area contributed by atoms with E-state index in [-0.39, 0.29) is 5.57 Å². The van der Waals surface area contributed by atoms with Crippen molar-refractivity contribution >= 4 is 23.1 Å². The van der Waals surface area contributed by atoms with Gasteiger partial charge in [-0.05, 0) is 37.6 Å². The van der Waals surface area contributed by atoms with E-state index in [0.29, 0.717) is 21.9 Å². The lowest BCUT2D eigenvalue weighted by molar-refractivity contribution is -0.132. The number of aliphatic carboxylic acids is 1. The van der Waals surface area contributed by atoms with Gasteiger partial charge in [-0.3, -0.25) is 0 Å². The smallest absolute Gasteiger partial charge is 0.331 e. The molecule has 0 unspecified atom stereocenters. The maximum absolute atomic E-state index is 11.1. The molecule has 0 aromatic heterocycles. The summed E-state index contributed by atoms with van der Waals surface area (Å²) in [6, 6.07) is 5.12. The molecule has 18 heavy (non-hydrogen) atoms. The quantitative estimate of drug-likeness (QED) is 0.666. The third-order valence-electron chi connectivity index (χ3n) is 2.51. The SMILES string of the molecule is CC=C/C(=C(\C)C(=O)O)c1cc(Cl)ccc1OC. The lowest BCUT2D eigenvalue weighted by Crippen LogP contribution is -2.01. The van der Waals surface area contributed by atoms with Gasteiger partial charge in [-0.15, -0.1) is 0 Å². The maximum Gasteiger partial charge on any atom is 0.331 e. The number of hydrogen-bond donors (Lipinski definition) is 1. The number of rotatable bonds is 4. The van der Waals surface area contributed by atoms with Crippen molar-refractivity contribution in [3.05, 3.63) is 46.5 Å². The van der Waals surface area contributed by atoms with Gasteiger partial charge in [0, 0.05) is 16.2 Å². The van der Waals surface area contributed by atoms with Crippen LogP contribution in [0.25, 0.3) is 5.57 Å². The van der Waals surface area contributed by atoms with Crippen molar-refractivity contribution in [3.63, 3.8) is 0 Å². The van der Waals surface area contributed by atoms with Crippen molar-refractivity contribution in [2.45, 2.75) is 13.8 Å². The van der Waals surface area contributed by atoms with Crippen LogP contribution >= 0.6 is 11.6 Å². The van der Waals surface area contributed by atoms with E-state index in [0.717, 1.165) is 0 Å². The Bertz CT molecular complexity index is 516. The van der Waals surface area contributed by atoms with Gasteiger partial charge in [-0.1, -0.05) is 23.8 Å². The second kappa shape index (κ2) is 6.26. The molecule has 0 aliphatic carbocycles. The van der Waals surface area contributed by atoms with Gasteiger partial charge in [0.05, 0.1) is 7.11 Å². The maximum atomic E-state index is 11.1. The first kappa shape index (κ1) is 14.3. The number of hydrogen-bond acceptors (Lipinski definition) is 2. The summed E-state index contributed by atoms with van der Waals surface area (Å²) in [5.74, 6) is -0.377. The van der Waals surface area contributed by atoms with Crippen LogP contribution in [-0.2, 0) is 4.79 Å². The number of carboxylic acid groups (broad SMARTS) is 1. The Morgan fingerprint density at radius 3 is 2.61 bits per heavy atom. The van der Waals surface area contributed by atoms with Crippen LogP contribution in [0.5, 0.6) is 5.75 Å². The minimum atomic E-state index is -0.967. The largest absolute Gasteiger partial charge is 0.496 e. The zero-order chi connectivity index (χ0) is 13.7. The first-order valence-electron chi connectivity index (χ1n) is 5.42. The van der Waals surface area contributed by atoms with Crippen molar-refractivity contribution in [1.29, 1.82) is 0 Å². The summed E-state index contributed by atoms with van der Waals surface area (Å²) in [5, 5.41) is 9.64. The highest BCUT2D eigenvalue weighted by Crippen LogP contribution is 2.31. The second-order valence-corrected chi connectivity index (χ2v) is 4.12. The summed E-state index contributed by atoms with van der Waals surface area (Å²) < 4.78 is 5.24. The van der Waals surface area contributed by atoms with Crippen LogP contribution in [0.1, 0.15) is 19.4 Å². The summed E-state index contributed by atoms with van der Waals surface area (Å²) in [6.07, 6.45) is 3.51. The first-order chi connectivity index (χ1) is 8.51. The fourth-order valence-corrected chi connectivity index (χ4v) is 1.76. The van der Waals surface area contributed by atoms with Gasteiger partial charge >= 0.3 is 5.97 Å². The van der Waals surface area contributed by atoms with Gasteiger partial charge in [-0.2, -0.15) is 0 Å². The Morgan fingerprint density at radius 1 is 1.44 bits per heavy atom. The van der Waals surface area contributed by atoms with Gasteiger partial charge in [0.15, 0.2) is 0 Å². The van der Waals surface area contributed by atoms with Crippen LogP contribution in [-0.4, -0.2) is 18.2 Å². The minimum absolute atomic E-state index is 0.244. The van der Waals surface area contributed by atoms with Crippen LogP contribution in [0.4, 0.5) is 0 Å². The molecular formula is C14H15ClO3. The average molecular weight is 267 g/mol. The molecular weight excluding hydrogens is 252 g/mol. The Labute approximate surface area is 111 Å². The molecule has 0 amide bonds. The second-order valence-electron chi connectivity index (χ2n) is 3.69. The third kappa shape index (κ3) is 3.14. The molecule has 1 aromatic rings. The molecule has 1 N–H and O–H groups in total. The molecule has 3 nitrogen and oxygen atoms in total. The fraction of sp³-hybridized carbons (Fsp3) is 0.214. The number of carbonyl (C=O) groups is 1. The van der Waals surface area contributed by atoms with Crippen LogP contribution < -0.4 is 4.74 Å². The molecule has 4 heteroatoms. The molecule has 0 bridgehead atoms. The Morgan fingerprint density at radius 2 is 2.11 bits per heavy atom. The molecule has 0 aliphatic heterocycles. The van der Waals surface area contributed by atoms with Crippen molar-refractivity contribution < 1.29 is 14.6 Å². The molecule has 0 atom stereocenters. The standard InChI is InChI=1S/C14H15ClO3/c1-4-5-11(9(2)14(16)17)12-8-10(15)6-7-13(12)18-3/h4-8H,1-3H3,(H,16,17)/b5-4?,11-9-. The highest BCUT2D eigenvalue weighted by atomic mass is 35.5. The number of halogens is 1. The van der Waals surface area contributed by atoms with E-state index in [1.807, 2.05) is 6.92 Å². The molecule has 0 fully saturated rings. The van der Waals surface area contributed by atoms with Gasteiger partial charge < -0.3 is 9.84 Å². The number of carboxylic acids is 1. The van der Waals surface area contributed by atoms with Crippen molar-refractivity contribution in [3.8, 4) is 5.75 Å². The van der Waals surface area contributed by atoms with E-state index < -0.39 is 5.97 Å². The van der Waals surface area contributed by atoms with Crippen LogP contribution in [0, 0.1) is 0 Å². The molecule has 0 saturated heterocycles. The van der Waals surface area contributed by atoms with Crippen molar-refractivity contribution in [1.82, 2.24) is 0 Å². The van der Waals surface area contributed by atoms with Crippen LogP contribution in [0.3, 0.4) is 0 Å². The molecule has 96 valence electrons. The zero-order valence-corrected chi connectivity index (χ0v) is 11.3. The normalized spacial score (nSPS) is 12.4. The van der Waals surface area contributed by atoms with E-state index in [1.165, 1.54) is 7.11 Å². The zero-order valence-electron chi connectivity index (χ0n) is 10.5. The molecule has 0 heterocycles. The first-order valence-corrected chi connectivity index (χ1v) is 5.79. The van der Waals surface area contributed by atoms with E-state index >= 15 is 0 Å². The summed E-state index contributed by atoms with van der Waals surface area (Å²) in [4.78, 5) is 11.1. The molecule has 0 saturated carbocycles. The summed E-state index contributed by atoms with van der Waals surface area (Å²) in [7, 11) is 1.54. The lowest BCUT2D eigenvalue weighted by Gasteiger charge is -2.11. The van der Waals surface area contributed by atoms with Crippen molar-refractivity contribution in [2.75, 3.05) is 7.11 Å². The summed E-state index contributed by atoms with van der Waals surface area (Å²) in [5.41, 5.74) is 1.50. The van der Waals surface area contributed by atoms with E-state index in [9.17, 15) is 4.79 Å². The Hall–Kier alpha value is -1.74. The monoisotopic (exact) mass is 266 g/mol. The Kier molecular flexibility index (Phi) is 4.98. The molecule has 0 radical (unpaired) electrons. The van der Waals surface area contributed by atoms with Gasteiger partial charge in [0.2, 0.25) is 0 Å². The molecule has 1 aromatic carbocycles. The van der Waals surface area contributed by atoms with Crippen molar-refractivity contribution in [2.24, 2.45) is 0 Å². The van der Waals surface area contributed by atoms with Crippen LogP contribution in [0.2, 0.25) is 5.02 Å². The average Bonchev–Trinajstić information content (AvgIpc) is 2.35. The summed E-state index contributed by atoms with van der Waals surface area (Å²) >= 11 is 5.95. The predicted molar refractivity (Wildman–Crippen MR) is 73.0 cm³/mol. The van der Waals surface area contributed by atoms with E-state index in [4.69, 9.17) is 21.4 Å². The topological polar surface area (TPSA) is 46.5 Å². The fourth-order valence-electron chi connectivity index (χ4n) is 1.59. The molecule has 0 aliphatic rings. The predicted octanol–water partition coefficient (Wildman–Crippen LogP) is 3.78. The van der Waals surface area contributed by atoms with Gasteiger partial charge in [0.1, 0.15) is 5.75 Å². The molecule has 1 rings (SSSR count). The Balaban J connectivity index is 3.53. The molecule has 0 spiro atoms. The lowest BCUT2D eigenvalue weighted by atomic mass is 9.99. The van der Waals surface area contributed by atoms with Gasteiger partial charge in [-0.25, -0.2) is 4.79 Å². The number of methoxy groups -OCH3 is 1. The van der Waals surface area contributed by atoms with E-state index in [1.54, 1.807) is 37.3 Å². The van der Waals surface area contributed by atoms with Crippen LogP contribution in [0.15, 0.2) is 35.9 Å². The number of allylic oxidation sites excluding steroid dienone is 3. The summed E-state index contributed by atoms with van der Waals surface area (Å²) in [6.45, 7) is 3.38.